The maximum Gasteiger partial charge on any atom is 0.0935 e. The number of ether oxygens (including phenoxy) is 1. The molecule has 0 aromatic heterocycles. The maximum atomic E-state index is 5.08. The van der Waals surface area contributed by atoms with Gasteiger partial charge in [-0.15, -0.1) is 6.58 Å². The molecule has 0 aromatic carbocycles. The molecule has 0 aliphatic rings. The van der Waals surface area contributed by atoms with E-state index < -0.39 is 0 Å². The van der Waals surface area contributed by atoms with Gasteiger partial charge in [0.15, 0.2) is 0 Å². The Balaban J connectivity index is 3.57. The van der Waals surface area contributed by atoms with Crippen LogP contribution in [-0.4, -0.2) is 6.61 Å². The lowest BCUT2D eigenvalue weighted by molar-refractivity contribution is 0.203. The van der Waals surface area contributed by atoms with Crippen molar-refractivity contribution in [3.05, 3.63) is 25.5 Å². The fourth-order valence-electron chi connectivity index (χ4n) is 1.03. The maximum absolute atomic E-state index is 5.08. The SMILES string of the molecule is C=COCC(C=C)CC(C)C. The van der Waals surface area contributed by atoms with E-state index in [0.29, 0.717) is 18.4 Å². The van der Waals surface area contributed by atoms with E-state index in [1.807, 2.05) is 6.08 Å². The lowest BCUT2D eigenvalue weighted by atomic mass is 9.98. The summed E-state index contributed by atoms with van der Waals surface area (Å²) in [5.41, 5.74) is 0. The van der Waals surface area contributed by atoms with Crippen molar-refractivity contribution < 1.29 is 4.74 Å². The van der Waals surface area contributed by atoms with Crippen LogP contribution in [0.25, 0.3) is 0 Å². The molecule has 0 saturated carbocycles. The second-order valence-electron chi connectivity index (χ2n) is 3.13. The summed E-state index contributed by atoms with van der Waals surface area (Å²) in [4.78, 5) is 0. The minimum absolute atomic E-state index is 0.466. The molecule has 0 rings (SSSR count). The molecule has 11 heavy (non-hydrogen) atoms. The first-order valence-corrected chi connectivity index (χ1v) is 4.05. The summed E-state index contributed by atoms with van der Waals surface area (Å²) in [7, 11) is 0. The first-order valence-electron chi connectivity index (χ1n) is 4.05. The quantitative estimate of drug-likeness (QED) is 0.422. The summed E-state index contributed by atoms with van der Waals surface area (Å²) in [6.07, 6.45) is 4.57. The summed E-state index contributed by atoms with van der Waals surface area (Å²) < 4.78 is 5.08. The zero-order chi connectivity index (χ0) is 8.69. The molecule has 0 heterocycles. The van der Waals surface area contributed by atoms with Crippen molar-refractivity contribution in [1.29, 1.82) is 0 Å². The van der Waals surface area contributed by atoms with Crippen LogP contribution in [-0.2, 0) is 4.74 Å². The molecule has 0 aliphatic heterocycles. The van der Waals surface area contributed by atoms with E-state index in [0.717, 1.165) is 6.42 Å². The van der Waals surface area contributed by atoms with Crippen LogP contribution in [0.1, 0.15) is 20.3 Å². The lowest BCUT2D eigenvalue weighted by Gasteiger charge is -2.13. The smallest absolute Gasteiger partial charge is 0.0935 e. The minimum atomic E-state index is 0.466. The van der Waals surface area contributed by atoms with E-state index in [4.69, 9.17) is 4.74 Å². The Kier molecular flexibility index (Phi) is 5.63. The number of hydrogen-bond donors (Lipinski definition) is 0. The topological polar surface area (TPSA) is 9.23 Å². The van der Waals surface area contributed by atoms with Crippen molar-refractivity contribution in [1.82, 2.24) is 0 Å². The third-order valence-electron chi connectivity index (χ3n) is 1.54. The summed E-state index contributed by atoms with van der Waals surface area (Å²) in [6.45, 7) is 12.4. The fourth-order valence-corrected chi connectivity index (χ4v) is 1.03. The van der Waals surface area contributed by atoms with E-state index in [2.05, 4.69) is 27.0 Å². The molecule has 0 aliphatic carbocycles. The van der Waals surface area contributed by atoms with Gasteiger partial charge in [-0.3, -0.25) is 0 Å². The lowest BCUT2D eigenvalue weighted by Crippen LogP contribution is -2.07. The van der Waals surface area contributed by atoms with Crippen LogP contribution in [0.5, 0.6) is 0 Å². The average molecular weight is 154 g/mol. The third kappa shape index (κ3) is 5.71. The monoisotopic (exact) mass is 154 g/mol. The van der Waals surface area contributed by atoms with Gasteiger partial charge >= 0.3 is 0 Å². The third-order valence-corrected chi connectivity index (χ3v) is 1.54. The Morgan fingerprint density at radius 2 is 2.00 bits per heavy atom. The van der Waals surface area contributed by atoms with Crippen LogP contribution in [0.3, 0.4) is 0 Å². The van der Waals surface area contributed by atoms with Gasteiger partial charge in [-0.2, -0.15) is 0 Å². The van der Waals surface area contributed by atoms with Crippen molar-refractivity contribution in [3.63, 3.8) is 0 Å². The Morgan fingerprint density at radius 1 is 1.36 bits per heavy atom. The van der Waals surface area contributed by atoms with E-state index in [9.17, 15) is 0 Å². The molecule has 0 aromatic rings. The van der Waals surface area contributed by atoms with Gasteiger partial charge in [0.05, 0.1) is 12.9 Å². The van der Waals surface area contributed by atoms with Gasteiger partial charge in [0.25, 0.3) is 0 Å². The molecule has 1 atom stereocenters. The van der Waals surface area contributed by atoms with Crippen LogP contribution in [0.2, 0.25) is 0 Å². The van der Waals surface area contributed by atoms with Gasteiger partial charge in [-0.25, -0.2) is 0 Å². The molecule has 0 N–H and O–H groups in total. The van der Waals surface area contributed by atoms with Crippen LogP contribution >= 0.6 is 0 Å². The molecule has 64 valence electrons. The van der Waals surface area contributed by atoms with Gasteiger partial charge in [0, 0.05) is 5.92 Å². The molecule has 0 fully saturated rings. The number of rotatable bonds is 6. The zero-order valence-corrected chi connectivity index (χ0v) is 7.55. The Labute approximate surface area is 69.8 Å². The minimum Gasteiger partial charge on any atom is -0.501 e. The predicted molar refractivity (Wildman–Crippen MR) is 49.3 cm³/mol. The zero-order valence-electron chi connectivity index (χ0n) is 7.55. The number of hydrogen-bond acceptors (Lipinski definition) is 1. The molecule has 0 bridgehead atoms. The van der Waals surface area contributed by atoms with Crippen molar-refractivity contribution >= 4 is 0 Å². The van der Waals surface area contributed by atoms with E-state index in [1.54, 1.807) is 0 Å². The highest BCUT2D eigenvalue weighted by atomic mass is 16.5. The molecule has 1 nitrogen and oxygen atoms in total. The first-order chi connectivity index (χ1) is 5.20. The summed E-state index contributed by atoms with van der Waals surface area (Å²) in [6, 6.07) is 0. The van der Waals surface area contributed by atoms with Gasteiger partial charge in [-0.1, -0.05) is 26.5 Å². The summed E-state index contributed by atoms with van der Waals surface area (Å²) >= 11 is 0. The predicted octanol–water partition coefficient (Wildman–Crippen LogP) is 2.99. The van der Waals surface area contributed by atoms with Crippen LogP contribution in [0.15, 0.2) is 25.5 Å². The van der Waals surface area contributed by atoms with Crippen molar-refractivity contribution in [2.75, 3.05) is 6.61 Å². The highest BCUT2D eigenvalue weighted by Gasteiger charge is 2.05. The Morgan fingerprint density at radius 3 is 2.36 bits per heavy atom. The molecular formula is C10H18O. The Bertz CT molecular complexity index is 116. The normalized spacial score (nSPS) is 12.6. The van der Waals surface area contributed by atoms with Gasteiger partial charge in [-0.05, 0) is 12.3 Å². The van der Waals surface area contributed by atoms with Crippen molar-refractivity contribution in [2.24, 2.45) is 11.8 Å². The fraction of sp³-hybridized carbons (Fsp3) is 0.600. The second-order valence-corrected chi connectivity index (χ2v) is 3.13. The Hall–Kier alpha value is -0.720. The van der Waals surface area contributed by atoms with Gasteiger partial charge in [0.2, 0.25) is 0 Å². The molecule has 0 spiro atoms. The largest absolute Gasteiger partial charge is 0.501 e. The van der Waals surface area contributed by atoms with Gasteiger partial charge in [0.1, 0.15) is 0 Å². The van der Waals surface area contributed by atoms with Crippen LogP contribution in [0, 0.1) is 11.8 Å². The first kappa shape index (κ1) is 10.3. The van der Waals surface area contributed by atoms with Crippen LogP contribution < -0.4 is 0 Å². The molecular weight excluding hydrogens is 136 g/mol. The average Bonchev–Trinajstić information content (AvgIpc) is 1.97. The molecule has 0 amide bonds. The standard InChI is InChI=1S/C10H18O/c1-5-10(7-9(3)4)8-11-6-2/h5-6,9-10H,1-2,7-8H2,3-4H3. The molecule has 1 heteroatoms. The summed E-state index contributed by atoms with van der Waals surface area (Å²) in [5.74, 6) is 1.17. The summed E-state index contributed by atoms with van der Waals surface area (Å²) in [5, 5.41) is 0. The molecule has 0 saturated heterocycles. The van der Waals surface area contributed by atoms with E-state index in [1.165, 1.54) is 6.26 Å². The highest BCUT2D eigenvalue weighted by molar-refractivity contribution is 4.79. The van der Waals surface area contributed by atoms with Gasteiger partial charge < -0.3 is 4.74 Å². The van der Waals surface area contributed by atoms with Crippen molar-refractivity contribution in [2.45, 2.75) is 20.3 Å². The van der Waals surface area contributed by atoms with Crippen LogP contribution in [0.4, 0.5) is 0 Å². The van der Waals surface area contributed by atoms with E-state index in [-0.39, 0.29) is 0 Å². The van der Waals surface area contributed by atoms with Crippen molar-refractivity contribution in [3.8, 4) is 0 Å². The molecule has 1 unspecified atom stereocenters. The highest BCUT2D eigenvalue weighted by Crippen LogP contribution is 2.12. The van der Waals surface area contributed by atoms with E-state index >= 15 is 0 Å². The molecule has 0 radical (unpaired) electrons. The second kappa shape index (κ2) is 6.02.